The first-order chi connectivity index (χ1) is 12.7. The summed E-state index contributed by atoms with van der Waals surface area (Å²) < 4.78 is 7.21. The zero-order valence-corrected chi connectivity index (χ0v) is 14.7. The van der Waals surface area contributed by atoms with Crippen LogP contribution in [-0.4, -0.2) is 67.2 Å². The van der Waals surface area contributed by atoms with Gasteiger partial charge >= 0.3 is 0 Å². The van der Waals surface area contributed by atoms with E-state index in [2.05, 4.69) is 15.5 Å². The van der Waals surface area contributed by atoms with Crippen LogP contribution >= 0.6 is 0 Å². The molecule has 0 radical (unpaired) electrons. The maximum Gasteiger partial charge on any atom is 0.251 e. The van der Waals surface area contributed by atoms with Crippen molar-refractivity contribution in [1.82, 2.24) is 20.1 Å². The minimum Gasteiger partial charge on any atom is -0.379 e. The van der Waals surface area contributed by atoms with Crippen molar-refractivity contribution >= 4 is 11.8 Å². The fourth-order valence-corrected chi connectivity index (χ4v) is 2.82. The Kier molecular flexibility index (Phi) is 6.40. The quantitative estimate of drug-likeness (QED) is 0.764. The van der Waals surface area contributed by atoms with Crippen LogP contribution in [-0.2, 0) is 9.53 Å². The Morgan fingerprint density at radius 1 is 1.04 bits per heavy atom. The van der Waals surface area contributed by atoms with E-state index >= 15 is 0 Å². The number of hydrogen-bond acceptors (Lipinski definition) is 4. The number of carbonyl (C=O) groups is 2. The van der Waals surface area contributed by atoms with E-state index in [1.807, 2.05) is 41.2 Å². The van der Waals surface area contributed by atoms with Gasteiger partial charge in [0.25, 0.3) is 5.91 Å². The summed E-state index contributed by atoms with van der Waals surface area (Å²) in [6.45, 7) is 4.60. The van der Waals surface area contributed by atoms with Gasteiger partial charge in [-0.25, -0.2) is 0 Å². The molecule has 2 N–H and O–H groups in total. The SMILES string of the molecule is O=C(CNC(=O)c1cccc(-n2cccc2)c1)NCCN1CCOCC1. The van der Waals surface area contributed by atoms with E-state index < -0.39 is 0 Å². The molecule has 2 heterocycles. The van der Waals surface area contributed by atoms with Crippen molar-refractivity contribution in [1.29, 1.82) is 0 Å². The van der Waals surface area contributed by atoms with Crippen molar-refractivity contribution in [3.8, 4) is 5.69 Å². The summed E-state index contributed by atoms with van der Waals surface area (Å²) in [5.41, 5.74) is 1.43. The van der Waals surface area contributed by atoms with Crippen molar-refractivity contribution < 1.29 is 14.3 Å². The topological polar surface area (TPSA) is 75.6 Å². The molecule has 1 aliphatic heterocycles. The van der Waals surface area contributed by atoms with E-state index in [0.717, 1.165) is 38.5 Å². The molecule has 0 aliphatic carbocycles. The zero-order valence-electron chi connectivity index (χ0n) is 14.7. The van der Waals surface area contributed by atoms with Gasteiger partial charge in [-0.3, -0.25) is 14.5 Å². The Hall–Kier alpha value is -2.64. The van der Waals surface area contributed by atoms with Gasteiger partial charge in [0.1, 0.15) is 0 Å². The molecule has 138 valence electrons. The summed E-state index contributed by atoms with van der Waals surface area (Å²) in [4.78, 5) is 26.4. The molecule has 0 atom stereocenters. The highest BCUT2D eigenvalue weighted by Crippen LogP contribution is 2.10. The highest BCUT2D eigenvalue weighted by atomic mass is 16.5. The molecule has 1 aliphatic rings. The minimum absolute atomic E-state index is 0.0321. The Morgan fingerprint density at radius 2 is 1.81 bits per heavy atom. The van der Waals surface area contributed by atoms with Gasteiger partial charge < -0.3 is 19.9 Å². The summed E-state index contributed by atoms with van der Waals surface area (Å²) in [7, 11) is 0. The van der Waals surface area contributed by atoms with Crippen LogP contribution < -0.4 is 10.6 Å². The van der Waals surface area contributed by atoms with Gasteiger partial charge in [-0.05, 0) is 30.3 Å². The van der Waals surface area contributed by atoms with Crippen LogP contribution in [0.4, 0.5) is 0 Å². The number of morpholine rings is 1. The monoisotopic (exact) mass is 356 g/mol. The predicted octanol–water partition coefficient (Wildman–Crippen LogP) is 0.655. The van der Waals surface area contributed by atoms with Crippen LogP contribution in [0.25, 0.3) is 5.69 Å². The molecule has 7 heteroatoms. The number of hydrogen-bond donors (Lipinski definition) is 2. The Bertz CT molecular complexity index is 724. The van der Waals surface area contributed by atoms with Crippen LogP contribution in [0.15, 0.2) is 48.8 Å². The molecule has 0 bridgehead atoms. The normalized spacial score (nSPS) is 14.8. The highest BCUT2D eigenvalue weighted by molar-refractivity contribution is 5.96. The van der Waals surface area contributed by atoms with Gasteiger partial charge in [0, 0.05) is 49.8 Å². The van der Waals surface area contributed by atoms with E-state index in [1.165, 1.54) is 0 Å². The van der Waals surface area contributed by atoms with Crippen molar-refractivity contribution in [2.24, 2.45) is 0 Å². The van der Waals surface area contributed by atoms with E-state index in [-0.39, 0.29) is 18.4 Å². The van der Waals surface area contributed by atoms with Crippen molar-refractivity contribution in [2.45, 2.75) is 0 Å². The first-order valence-electron chi connectivity index (χ1n) is 8.81. The number of rotatable bonds is 7. The second kappa shape index (κ2) is 9.17. The van der Waals surface area contributed by atoms with Gasteiger partial charge in [0.2, 0.25) is 5.91 Å². The largest absolute Gasteiger partial charge is 0.379 e. The van der Waals surface area contributed by atoms with Crippen molar-refractivity contribution in [3.63, 3.8) is 0 Å². The minimum atomic E-state index is -0.262. The number of benzene rings is 1. The predicted molar refractivity (Wildman–Crippen MR) is 98.4 cm³/mol. The third-order valence-electron chi connectivity index (χ3n) is 4.27. The lowest BCUT2D eigenvalue weighted by Gasteiger charge is -2.26. The molecule has 1 aromatic heterocycles. The van der Waals surface area contributed by atoms with E-state index in [0.29, 0.717) is 12.1 Å². The fourth-order valence-electron chi connectivity index (χ4n) is 2.82. The van der Waals surface area contributed by atoms with Crippen LogP contribution in [0.3, 0.4) is 0 Å². The van der Waals surface area contributed by atoms with Crippen molar-refractivity contribution in [3.05, 3.63) is 54.4 Å². The standard InChI is InChI=1S/C19H24N4O3/c24-18(20-6-9-22-10-12-26-13-11-22)15-21-19(25)16-4-3-5-17(14-16)23-7-1-2-8-23/h1-5,7-8,14H,6,9-13,15H2,(H,20,24)(H,21,25). The van der Waals surface area contributed by atoms with Gasteiger partial charge in [-0.15, -0.1) is 0 Å². The average Bonchev–Trinajstić information content (AvgIpc) is 3.22. The maximum absolute atomic E-state index is 12.3. The molecule has 0 saturated carbocycles. The van der Waals surface area contributed by atoms with E-state index in [9.17, 15) is 9.59 Å². The second-order valence-electron chi connectivity index (χ2n) is 6.13. The molecule has 26 heavy (non-hydrogen) atoms. The Labute approximate surface area is 152 Å². The number of nitrogens with zero attached hydrogens (tertiary/aromatic N) is 2. The molecule has 2 aromatic rings. The molecule has 2 amide bonds. The lowest BCUT2D eigenvalue weighted by Crippen LogP contribution is -2.43. The lowest BCUT2D eigenvalue weighted by molar-refractivity contribution is -0.120. The number of amides is 2. The molecule has 0 unspecified atom stereocenters. The first kappa shape index (κ1) is 18.2. The molecule has 1 fully saturated rings. The molecule has 3 rings (SSSR count). The summed E-state index contributed by atoms with van der Waals surface area (Å²) in [5, 5.41) is 5.50. The summed E-state index contributed by atoms with van der Waals surface area (Å²) in [5.74, 6) is -0.449. The number of carbonyl (C=O) groups excluding carboxylic acids is 2. The second-order valence-corrected chi connectivity index (χ2v) is 6.13. The molecular weight excluding hydrogens is 332 g/mol. The van der Waals surface area contributed by atoms with Crippen LogP contribution in [0.2, 0.25) is 0 Å². The van der Waals surface area contributed by atoms with Crippen LogP contribution in [0.5, 0.6) is 0 Å². The summed E-state index contributed by atoms with van der Waals surface area (Å²) in [6.07, 6.45) is 3.83. The first-order valence-corrected chi connectivity index (χ1v) is 8.81. The van der Waals surface area contributed by atoms with Gasteiger partial charge in [0.05, 0.1) is 19.8 Å². The van der Waals surface area contributed by atoms with Gasteiger partial charge in [0.15, 0.2) is 0 Å². The van der Waals surface area contributed by atoms with E-state index in [1.54, 1.807) is 12.1 Å². The number of nitrogens with one attached hydrogen (secondary N) is 2. The maximum atomic E-state index is 12.3. The highest BCUT2D eigenvalue weighted by Gasteiger charge is 2.11. The average molecular weight is 356 g/mol. The third-order valence-corrected chi connectivity index (χ3v) is 4.27. The summed E-state index contributed by atoms with van der Waals surface area (Å²) >= 11 is 0. The Balaban J connectivity index is 1.42. The van der Waals surface area contributed by atoms with Crippen LogP contribution in [0, 0.1) is 0 Å². The smallest absolute Gasteiger partial charge is 0.251 e. The third kappa shape index (κ3) is 5.18. The lowest BCUT2D eigenvalue weighted by atomic mass is 10.2. The molecule has 1 saturated heterocycles. The molecule has 0 spiro atoms. The fraction of sp³-hybridized carbons (Fsp3) is 0.368. The zero-order chi connectivity index (χ0) is 18.2. The molecule has 1 aromatic carbocycles. The number of aromatic nitrogens is 1. The molecule has 7 nitrogen and oxygen atoms in total. The number of ether oxygens (including phenoxy) is 1. The van der Waals surface area contributed by atoms with Crippen LogP contribution in [0.1, 0.15) is 10.4 Å². The Morgan fingerprint density at radius 3 is 2.58 bits per heavy atom. The van der Waals surface area contributed by atoms with Crippen molar-refractivity contribution in [2.75, 3.05) is 45.9 Å². The molecular formula is C19H24N4O3. The summed E-state index contributed by atoms with van der Waals surface area (Å²) in [6, 6.07) is 11.1. The van der Waals surface area contributed by atoms with E-state index in [4.69, 9.17) is 4.74 Å². The van der Waals surface area contributed by atoms with Gasteiger partial charge in [-0.2, -0.15) is 0 Å². The van der Waals surface area contributed by atoms with Gasteiger partial charge in [-0.1, -0.05) is 6.07 Å².